The molecule has 0 aliphatic carbocycles. The molecule has 1 N–H and O–H groups in total. The van der Waals surface area contributed by atoms with Crippen LogP contribution in [0.25, 0.3) is 0 Å². The van der Waals surface area contributed by atoms with Crippen LogP contribution in [0.4, 0.5) is 0 Å². The van der Waals surface area contributed by atoms with E-state index in [1.807, 2.05) is 12.1 Å². The summed E-state index contributed by atoms with van der Waals surface area (Å²) >= 11 is 6.16. The van der Waals surface area contributed by atoms with Crippen molar-refractivity contribution < 1.29 is 4.42 Å². The predicted octanol–water partition coefficient (Wildman–Crippen LogP) is 4.89. The van der Waals surface area contributed by atoms with Gasteiger partial charge in [0, 0.05) is 11.4 Å². The van der Waals surface area contributed by atoms with Crippen molar-refractivity contribution in [2.45, 2.75) is 39.7 Å². The number of aryl methyl sites for hydroxylation is 2. The van der Waals surface area contributed by atoms with E-state index in [0.29, 0.717) is 0 Å². The van der Waals surface area contributed by atoms with Crippen LogP contribution in [-0.4, -0.2) is 6.54 Å². The van der Waals surface area contributed by atoms with Crippen LogP contribution in [0.5, 0.6) is 0 Å². The van der Waals surface area contributed by atoms with Crippen LogP contribution < -0.4 is 5.32 Å². The van der Waals surface area contributed by atoms with Gasteiger partial charge in [-0.15, -0.1) is 0 Å². The van der Waals surface area contributed by atoms with Crippen LogP contribution in [0.15, 0.2) is 34.7 Å². The topological polar surface area (TPSA) is 25.2 Å². The fourth-order valence-corrected chi connectivity index (χ4v) is 2.50. The van der Waals surface area contributed by atoms with Crippen LogP contribution in [0, 0.1) is 6.92 Å². The molecule has 1 aromatic carbocycles. The van der Waals surface area contributed by atoms with Crippen LogP contribution in [0.3, 0.4) is 0 Å². The van der Waals surface area contributed by atoms with Crippen molar-refractivity contribution in [1.82, 2.24) is 5.32 Å². The number of hydrogen-bond donors (Lipinski definition) is 1. The van der Waals surface area contributed by atoms with Gasteiger partial charge in [0.25, 0.3) is 0 Å². The molecule has 1 aromatic heterocycles. The molecule has 1 atom stereocenters. The standard InChI is InChI=1S/C17H22ClNO/c1-4-10-19-17(16-9-8-14(5-2)20-16)15-11-13(18)7-6-12(15)3/h6-9,11,17,19H,4-5,10H2,1-3H3. The van der Waals surface area contributed by atoms with Crippen molar-refractivity contribution in [3.8, 4) is 0 Å². The van der Waals surface area contributed by atoms with Crippen LogP contribution in [0.1, 0.15) is 49.0 Å². The van der Waals surface area contributed by atoms with Gasteiger partial charge in [-0.1, -0.05) is 31.5 Å². The van der Waals surface area contributed by atoms with E-state index in [2.05, 4.69) is 44.3 Å². The first-order valence-corrected chi connectivity index (χ1v) is 7.61. The molecule has 0 amide bonds. The smallest absolute Gasteiger partial charge is 0.125 e. The van der Waals surface area contributed by atoms with Gasteiger partial charge in [-0.05, 0) is 55.3 Å². The largest absolute Gasteiger partial charge is 0.464 e. The number of furan rings is 1. The van der Waals surface area contributed by atoms with E-state index in [4.69, 9.17) is 16.0 Å². The monoisotopic (exact) mass is 291 g/mol. The summed E-state index contributed by atoms with van der Waals surface area (Å²) in [4.78, 5) is 0. The van der Waals surface area contributed by atoms with Crippen molar-refractivity contribution in [3.05, 3.63) is 58.0 Å². The summed E-state index contributed by atoms with van der Waals surface area (Å²) < 4.78 is 5.94. The zero-order chi connectivity index (χ0) is 14.5. The van der Waals surface area contributed by atoms with Gasteiger partial charge >= 0.3 is 0 Å². The van der Waals surface area contributed by atoms with E-state index < -0.39 is 0 Å². The minimum Gasteiger partial charge on any atom is -0.464 e. The Hall–Kier alpha value is -1.25. The SMILES string of the molecule is CCCNC(c1ccc(CC)o1)c1cc(Cl)ccc1C. The summed E-state index contributed by atoms with van der Waals surface area (Å²) in [6.07, 6.45) is 1.99. The Morgan fingerprint density at radius 1 is 1.20 bits per heavy atom. The normalized spacial score (nSPS) is 12.6. The molecule has 1 unspecified atom stereocenters. The zero-order valence-corrected chi connectivity index (χ0v) is 13.1. The Morgan fingerprint density at radius 3 is 2.65 bits per heavy atom. The van der Waals surface area contributed by atoms with E-state index in [1.54, 1.807) is 0 Å². The fourth-order valence-electron chi connectivity index (χ4n) is 2.31. The Labute approximate surface area is 126 Å². The lowest BCUT2D eigenvalue weighted by molar-refractivity contribution is 0.421. The number of rotatable bonds is 6. The minimum atomic E-state index is 0.0638. The van der Waals surface area contributed by atoms with Crippen molar-refractivity contribution >= 4 is 11.6 Å². The molecule has 0 aliphatic heterocycles. The van der Waals surface area contributed by atoms with Gasteiger partial charge in [0.1, 0.15) is 11.5 Å². The Kier molecular flexibility index (Phi) is 5.27. The zero-order valence-electron chi connectivity index (χ0n) is 12.4. The third-order valence-corrected chi connectivity index (χ3v) is 3.70. The first-order chi connectivity index (χ1) is 9.65. The van der Waals surface area contributed by atoms with E-state index >= 15 is 0 Å². The highest BCUT2D eigenvalue weighted by Crippen LogP contribution is 2.28. The second-order valence-corrected chi connectivity index (χ2v) is 5.48. The van der Waals surface area contributed by atoms with Crippen LogP contribution >= 0.6 is 11.6 Å². The van der Waals surface area contributed by atoms with Crippen LogP contribution in [0.2, 0.25) is 5.02 Å². The Balaban J connectivity index is 2.38. The number of hydrogen-bond acceptors (Lipinski definition) is 2. The molecule has 0 saturated heterocycles. The molecule has 0 spiro atoms. The number of nitrogens with one attached hydrogen (secondary N) is 1. The summed E-state index contributed by atoms with van der Waals surface area (Å²) in [7, 11) is 0. The lowest BCUT2D eigenvalue weighted by Gasteiger charge is -2.19. The summed E-state index contributed by atoms with van der Waals surface area (Å²) in [6, 6.07) is 10.2. The molecule has 0 fully saturated rings. The van der Waals surface area contributed by atoms with Gasteiger partial charge in [0.15, 0.2) is 0 Å². The van der Waals surface area contributed by atoms with E-state index in [1.165, 1.54) is 11.1 Å². The molecule has 0 aliphatic rings. The summed E-state index contributed by atoms with van der Waals surface area (Å²) in [6.45, 7) is 7.31. The second kappa shape index (κ2) is 6.96. The highest BCUT2D eigenvalue weighted by atomic mass is 35.5. The van der Waals surface area contributed by atoms with Gasteiger partial charge in [0.2, 0.25) is 0 Å². The van der Waals surface area contributed by atoms with E-state index in [-0.39, 0.29) is 6.04 Å². The Bertz CT molecular complexity index is 562. The van der Waals surface area contributed by atoms with E-state index in [9.17, 15) is 0 Å². The maximum atomic E-state index is 6.16. The Morgan fingerprint density at radius 2 is 2.00 bits per heavy atom. The molecule has 20 heavy (non-hydrogen) atoms. The van der Waals surface area contributed by atoms with Crippen molar-refractivity contribution in [2.24, 2.45) is 0 Å². The lowest BCUT2D eigenvalue weighted by Crippen LogP contribution is -2.23. The maximum absolute atomic E-state index is 6.16. The second-order valence-electron chi connectivity index (χ2n) is 5.05. The number of benzene rings is 1. The third kappa shape index (κ3) is 3.44. The van der Waals surface area contributed by atoms with Crippen molar-refractivity contribution in [1.29, 1.82) is 0 Å². The molecule has 0 saturated carbocycles. The highest BCUT2D eigenvalue weighted by molar-refractivity contribution is 6.30. The molecule has 108 valence electrons. The number of halogens is 1. The van der Waals surface area contributed by atoms with Crippen LogP contribution in [-0.2, 0) is 6.42 Å². The summed E-state index contributed by atoms with van der Waals surface area (Å²) in [5, 5.41) is 4.32. The molecule has 2 nitrogen and oxygen atoms in total. The molecule has 0 bridgehead atoms. The summed E-state index contributed by atoms with van der Waals surface area (Å²) in [5.41, 5.74) is 2.40. The molecule has 0 radical (unpaired) electrons. The van der Waals surface area contributed by atoms with Crippen molar-refractivity contribution in [2.75, 3.05) is 6.54 Å². The van der Waals surface area contributed by atoms with Gasteiger partial charge in [-0.25, -0.2) is 0 Å². The lowest BCUT2D eigenvalue weighted by atomic mass is 9.99. The first kappa shape index (κ1) is 15.1. The highest BCUT2D eigenvalue weighted by Gasteiger charge is 2.19. The molecule has 3 heteroatoms. The molecule has 1 heterocycles. The minimum absolute atomic E-state index is 0.0638. The molecular formula is C17H22ClNO. The molecular weight excluding hydrogens is 270 g/mol. The van der Waals surface area contributed by atoms with E-state index in [0.717, 1.165) is 35.9 Å². The molecule has 2 rings (SSSR count). The first-order valence-electron chi connectivity index (χ1n) is 7.23. The molecule has 2 aromatic rings. The van der Waals surface area contributed by atoms with Crippen molar-refractivity contribution in [3.63, 3.8) is 0 Å². The average Bonchev–Trinajstić information content (AvgIpc) is 2.92. The van der Waals surface area contributed by atoms with Gasteiger partial charge in [-0.3, -0.25) is 0 Å². The third-order valence-electron chi connectivity index (χ3n) is 3.47. The van der Waals surface area contributed by atoms with Gasteiger partial charge < -0.3 is 9.73 Å². The maximum Gasteiger partial charge on any atom is 0.125 e. The fraction of sp³-hybridized carbons (Fsp3) is 0.412. The quantitative estimate of drug-likeness (QED) is 0.819. The average molecular weight is 292 g/mol. The summed E-state index contributed by atoms with van der Waals surface area (Å²) in [5.74, 6) is 1.98. The van der Waals surface area contributed by atoms with Gasteiger partial charge in [-0.2, -0.15) is 0 Å². The van der Waals surface area contributed by atoms with Gasteiger partial charge in [0.05, 0.1) is 6.04 Å². The predicted molar refractivity (Wildman–Crippen MR) is 84.4 cm³/mol.